The number of anilines is 1. The fourth-order valence-corrected chi connectivity index (χ4v) is 2.47. The lowest BCUT2D eigenvalue weighted by molar-refractivity contribution is 0.632. The third-order valence-corrected chi connectivity index (χ3v) is 3.39. The number of nitrogens with zero attached hydrogens (tertiary/aromatic N) is 2. The molecule has 0 saturated carbocycles. The van der Waals surface area contributed by atoms with Gasteiger partial charge in [0.2, 0.25) is 5.95 Å². The molecule has 0 fully saturated rings. The summed E-state index contributed by atoms with van der Waals surface area (Å²) in [6.45, 7) is 7.26. The van der Waals surface area contributed by atoms with Crippen LogP contribution < -0.4 is 5.32 Å². The van der Waals surface area contributed by atoms with Crippen LogP contribution in [-0.4, -0.2) is 22.3 Å². The molecule has 1 aromatic rings. The van der Waals surface area contributed by atoms with Crippen LogP contribution in [0.1, 0.15) is 27.2 Å². The minimum absolute atomic E-state index is 0.635. The third kappa shape index (κ3) is 4.58. The first-order chi connectivity index (χ1) is 7.63. The standard InChI is InChI=1S/C11H18ClN3S/c1-4-13-11-14-7-9(12)10(15-11)16-6-5-8(2)3/h7-8H,4-6H2,1-3H3,(H,13,14,15). The van der Waals surface area contributed by atoms with Crippen LogP contribution in [0.25, 0.3) is 0 Å². The highest BCUT2D eigenvalue weighted by atomic mass is 35.5. The van der Waals surface area contributed by atoms with Gasteiger partial charge in [-0.2, -0.15) is 0 Å². The highest BCUT2D eigenvalue weighted by Gasteiger charge is 2.06. The maximum absolute atomic E-state index is 6.04. The fraction of sp³-hybridized carbons (Fsp3) is 0.636. The monoisotopic (exact) mass is 259 g/mol. The molecule has 1 aromatic heterocycles. The second kappa shape index (κ2) is 6.97. The Balaban J connectivity index is 2.59. The Bertz CT molecular complexity index is 331. The van der Waals surface area contributed by atoms with Crippen LogP contribution in [0.2, 0.25) is 5.02 Å². The van der Waals surface area contributed by atoms with Crippen LogP contribution in [0.5, 0.6) is 0 Å². The lowest BCUT2D eigenvalue weighted by Crippen LogP contribution is -2.02. The summed E-state index contributed by atoms with van der Waals surface area (Å²) in [7, 11) is 0. The van der Waals surface area contributed by atoms with E-state index in [-0.39, 0.29) is 0 Å². The average Bonchev–Trinajstić information content (AvgIpc) is 2.22. The molecule has 0 aliphatic rings. The van der Waals surface area contributed by atoms with Crippen molar-refractivity contribution in [2.45, 2.75) is 32.2 Å². The number of hydrogen-bond donors (Lipinski definition) is 1. The second-order valence-corrected chi connectivity index (χ2v) is 5.40. The summed E-state index contributed by atoms with van der Waals surface area (Å²) in [4.78, 5) is 8.47. The lowest BCUT2D eigenvalue weighted by Gasteiger charge is -2.07. The van der Waals surface area contributed by atoms with E-state index in [1.54, 1.807) is 18.0 Å². The van der Waals surface area contributed by atoms with Gasteiger partial charge in [-0.15, -0.1) is 11.8 Å². The van der Waals surface area contributed by atoms with Gasteiger partial charge in [-0.1, -0.05) is 25.4 Å². The summed E-state index contributed by atoms with van der Waals surface area (Å²) in [5.74, 6) is 2.40. The van der Waals surface area contributed by atoms with Crippen LogP contribution in [0.4, 0.5) is 5.95 Å². The van der Waals surface area contributed by atoms with E-state index in [1.807, 2.05) is 6.92 Å². The second-order valence-electron chi connectivity index (χ2n) is 3.91. The minimum atomic E-state index is 0.635. The van der Waals surface area contributed by atoms with Gasteiger partial charge >= 0.3 is 0 Å². The summed E-state index contributed by atoms with van der Waals surface area (Å²) in [6.07, 6.45) is 2.83. The Hall–Kier alpha value is -0.480. The van der Waals surface area contributed by atoms with E-state index in [9.17, 15) is 0 Å². The summed E-state index contributed by atoms with van der Waals surface area (Å²) in [5, 5.41) is 4.58. The molecule has 0 aliphatic carbocycles. The van der Waals surface area contributed by atoms with Crippen molar-refractivity contribution in [1.29, 1.82) is 0 Å². The van der Waals surface area contributed by atoms with E-state index < -0.39 is 0 Å². The maximum Gasteiger partial charge on any atom is 0.223 e. The Morgan fingerprint density at radius 1 is 1.50 bits per heavy atom. The van der Waals surface area contributed by atoms with Gasteiger partial charge in [0.05, 0.1) is 11.2 Å². The molecule has 1 rings (SSSR count). The molecule has 0 aromatic carbocycles. The summed E-state index contributed by atoms with van der Waals surface area (Å²) in [6, 6.07) is 0. The predicted molar refractivity (Wildman–Crippen MR) is 71.4 cm³/mol. The van der Waals surface area contributed by atoms with E-state index in [4.69, 9.17) is 11.6 Å². The molecule has 0 radical (unpaired) electrons. The molecular weight excluding hydrogens is 242 g/mol. The third-order valence-electron chi connectivity index (χ3n) is 1.98. The average molecular weight is 260 g/mol. The predicted octanol–water partition coefficient (Wildman–Crippen LogP) is 3.70. The minimum Gasteiger partial charge on any atom is -0.354 e. The number of nitrogens with one attached hydrogen (secondary N) is 1. The first kappa shape index (κ1) is 13.6. The quantitative estimate of drug-likeness (QED) is 0.624. The number of thioether (sulfide) groups is 1. The van der Waals surface area contributed by atoms with E-state index in [0.29, 0.717) is 16.9 Å². The molecule has 0 spiro atoms. The smallest absolute Gasteiger partial charge is 0.223 e. The molecular formula is C11H18ClN3S. The van der Waals surface area contributed by atoms with Crippen molar-refractivity contribution in [3.8, 4) is 0 Å². The van der Waals surface area contributed by atoms with Gasteiger partial charge in [-0.25, -0.2) is 9.97 Å². The van der Waals surface area contributed by atoms with E-state index >= 15 is 0 Å². The summed E-state index contributed by atoms with van der Waals surface area (Å²) < 4.78 is 0. The Morgan fingerprint density at radius 3 is 2.88 bits per heavy atom. The zero-order valence-corrected chi connectivity index (χ0v) is 11.5. The molecule has 0 aliphatic heterocycles. The van der Waals surface area contributed by atoms with E-state index in [2.05, 4.69) is 29.1 Å². The molecule has 3 nitrogen and oxygen atoms in total. The van der Waals surface area contributed by atoms with Gasteiger partial charge in [-0.05, 0) is 25.0 Å². The van der Waals surface area contributed by atoms with E-state index in [1.165, 1.54) is 6.42 Å². The van der Waals surface area contributed by atoms with Crippen molar-refractivity contribution in [3.05, 3.63) is 11.2 Å². The van der Waals surface area contributed by atoms with Crippen LogP contribution in [0.3, 0.4) is 0 Å². The van der Waals surface area contributed by atoms with Crippen molar-refractivity contribution in [3.63, 3.8) is 0 Å². The highest BCUT2D eigenvalue weighted by molar-refractivity contribution is 7.99. The summed E-state index contributed by atoms with van der Waals surface area (Å²) >= 11 is 7.73. The van der Waals surface area contributed by atoms with Crippen LogP contribution >= 0.6 is 23.4 Å². The van der Waals surface area contributed by atoms with Gasteiger partial charge < -0.3 is 5.32 Å². The summed E-state index contributed by atoms with van der Waals surface area (Å²) in [5.41, 5.74) is 0. The Morgan fingerprint density at radius 2 is 2.25 bits per heavy atom. The van der Waals surface area contributed by atoms with Crippen molar-refractivity contribution < 1.29 is 0 Å². The molecule has 5 heteroatoms. The van der Waals surface area contributed by atoms with Crippen molar-refractivity contribution >= 4 is 29.3 Å². The number of hydrogen-bond acceptors (Lipinski definition) is 4. The number of rotatable bonds is 6. The van der Waals surface area contributed by atoms with Gasteiger partial charge in [-0.3, -0.25) is 0 Å². The van der Waals surface area contributed by atoms with Gasteiger partial charge in [0.1, 0.15) is 5.03 Å². The first-order valence-corrected chi connectivity index (χ1v) is 6.89. The van der Waals surface area contributed by atoms with Crippen molar-refractivity contribution in [1.82, 2.24) is 9.97 Å². The van der Waals surface area contributed by atoms with Gasteiger partial charge in [0, 0.05) is 6.54 Å². The maximum atomic E-state index is 6.04. The number of halogens is 1. The van der Waals surface area contributed by atoms with Crippen LogP contribution in [-0.2, 0) is 0 Å². The molecule has 0 amide bonds. The zero-order valence-electron chi connectivity index (χ0n) is 9.96. The van der Waals surface area contributed by atoms with Crippen molar-refractivity contribution in [2.24, 2.45) is 5.92 Å². The molecule has 90 valence electrons. The van der Waals surface area contributed by atoms with E-state index in [0.717, 1.165) is 17.3 Å². The topological polar surface area (TPSA) is 37.8 Å². The zero-order chi connectivity index (χ0) is 12.0. The highest BCUT2D eigenvalue weighted by Crippen LogP contribution is 2.26. The molecule has 0 bridgehead atoms. The molecule has 0 unspecified atom stereocenters. The Labute approximate surface area is 106 Å². The molecule has 1 heterocycles. The molecule has 0 saturated heterocycles. The van der Waals surface area contributed by atoms with Crippen molar-refractivity contribution in [2.75, 3.05) is 17.6 Å². The molecule has 0 atom stereocenters. The molecule has 1 N–H and O–H groups in total. The first-order valence-electron chi connectivity index (χ1n) is 5.52. The fourth-order valence-electron chi connectivity index (χ4n) is 1.09. The SMILES string of the molecule is CCNc1ncc(Cl)c(SCCC(C)C)n1. The molecule has 16 heavy (non-hydrogen) atoms. The number of aromatic nitrogens is 2. The largest absolute Gasteiger partial charge is 0.354 e. The lowest BCUT2D eigenvalue weighted by atomic mass is 10.2. The van der Waals surface area contributed by atoms with Crippen LogP contribution in [0, 0.1) is 5.92 Å². The Kier molecular flexibility index (Phi) is 5.91. The van der Waals surface area contributed by atoms with Crippen LogP contribution in [0.15, 0.2) is 11.2 Å². The van der Waals surface area contributed by atoms with Gasteiger partial charge in [0.25, 0.3) is 0 Å². The van der Waals surface area contributed by atoms with Gasteiger partial charge in [0.15, 0.2) is 0 Å². The normalized spacial score (nSPS) is 10.8.